The van der Waals surface area contributed by atoms with E-state index in [0.29, 0.717) is 19.0 Å². The molecular weight excluding hydrogens is 400 g/mol. The second-order valence-electron chi connectivity index (χ2n) is 6.63. The number of hydrogen-bond donors (Lipinski definition) is 4. The maximum absolute atomic E-state index is 12.1. The maximum Gasteiger partial charge on any atom is 0.239 e. The van der Waals surface area contributed by atoms with Gasteiger partial charge in [0.1, 0.15) is 11.9 Å². The number of ether oxygens (including phenoxy) is 1. The van der Waals surface area contributed by atoms with Crippen molar-refractivity contribution in [2.24, 2.45) is 4.99 Å². The maximum atomic E-state index is 12.1. The van der Waals surface area contributed by atoms with Gasteiger partial charge in [-0.2, -0.15) is 0 Å². The summed E-state index contributed by atoms with van der Waals surface area (Å²) >= 11 is 1.57. The Morgan fingerprint density at radius 1 is 1.13 bits per heavy atom. The average Bonchev–Trinajstić information content (AvgIpc) is 3.22. The molecule has 4 N–H and O–H groups in total. The fourth-order valence-electron chi connectivity index (χ4n) is 2.85. The monoisotopic (exact) mass is 426 g/mol. The van der Waals surface area contributed by atoms with E-state index in [9.17, 15) is 9.90 Å². The zero-order chi connectivity index (χ0) is 21.3. The number of hydrogen-bond acceptors (Lipinski definition) is 5. The Labute approximate surface area is 179 Å². The first kappa shape index (κ1) is 21.6. The van der Waals surface area contributed by atoms with E-state index in [1.165, 1.54) is 0 Å². The van der Waals surface area contributed by atoms with Gasteiger partial charge in [0, 0.05) is 29.7 Å². The fraction of sp³-hybridized carbons (Fsp3) is 0.273. The molecule has 0 fully saturated rings. The van der Waals surface area contributed by atoms with Crippen molar-refractivity contribution in [2.45, 2.75) is 12.6 Å². The van der Waals surface area contributed by atoms with Crippen LogP contribution in [-0.4, -0.2) is 44.2 Å². The van der Waals surface area contributed by atoms with Crippen molar-refractivity contribution in [3.63, 3.8) is 0 Å². The van der Waals surface area contributed by atoms with E-state index in [0.717, 1.165) is 26.3 Å². The van der Waals surface area contributed by atoms with E-state index >= 15 is 0 Å². The van der Waals surface area contributed by atoms with Crippen molar-refractivity contribution in [2.75, 3.05) is 27.2 Å². The van der Waals surface area contributed by atoms with Crippen LogP contribution in [0.5, 0.6) is 5.75 Å². The zero-order valence-electron chi connectivity index (χ0n) is 17.0. The van der Waals surface area contributed by atoms with Gasteiger partial charge in [0.2, 0.25) is 5.91 Å². The van der Waals surface area contributed by atoms with Gasteiger partial charge in [-0.15, -0.1) is 11.3 Å². The van der Waals surface area contributed by atoms with Gasteiger partial charge in [-0.3, -0.25) is 9.79 Å². The molecule has 7 nitrogen and oxygen atoms in total. The van der Waals surface area contributed by atoms with E-state index in [-0.39, 0.29) is 12.5 Å². The molecule has 0 saturated heterocycles. The number of amides is 1. The molecule has 0 saturated carbocycles. The van der Waals surface area contributed by atoms with Crippen LogP contribution in [0.3, 0.4) is 0 Å². The Morgan fingerprint density at radius 3 is 2.60 bits per heavy atom. The number of aliphatic hydroxyl groups excluding tert-OH is 1. The van der Waals surface area contributed by atoms with E-state index in [1.807, 2.05) is 54.6 Å². The number of carbonyl (C=O) groups excluding carboxylic acids is 1. The van der Waals surface area contributed by atoms with Gasteiger partial charge in [0.25, 0.3) is 0 Å². The largest absolute Gasteiger partial charge is 0.497 e. The first-order chi connectivity index (χ1) is 14.6. The van der Waals surface area contributed by atoms with Gasteiger partial charge >= 0.3 is 0 Å². The van der Waals surface area contributed by atoms with Crippen molar-refractivity contribution in [3.8, 4) is 5.75 Å². The molecule has 0 bridgehead atoms. The zero-order valence-corrected chi connectivity index (χ0v) is 17.8. The third kappa shape index (κ3) is 5.95. The summed E-state index contributed by atoms with van der Waals surface area (Å²) in [4.78, 5) is 17.1. The average molecular weight is 427 g/mol. The number of benzene rings is 2. The number of methoxy groups -OCH3 is 1. The lowest BCUT2D eigenvalue weighted by atomic mass is 10.2. The molecule has 158 valence electrons. The van der Waals surface area contributed by atoms with Crippen LogP contribution in [0.1, 0.15) is 16.5 Å². The first-order valence-electron chi connectivity index (χ1n) is 9.59. The Hall–Kier alpha value is -3.10. The molecule has 0 aliphatic heterocycles. The molecule has 1 heterocycles. The molecule has 1 amide bonds. The normalized spacial score (nSPS) is 12.4. The summed E-state index contributed by atoms with van der Waals surface area (Å²) in [5.74, 6) is 1.08. The summed E-state index contributed by atoms with van der Waals surface area (Å²) in [6.45, 7) is 0.802. The number of aliphatic imine (C=N–C) groups is 1. The molecule has 1 aromatic heterocycles. The summed E-state index contributed by atoms with van der Waals surface area (Å²) in [5.41, 5.74) is 0.984. The molecule has 30 heavy (non-hydrogen) atoms. The molecule has 2 aromatic carbocycles. The topological polar surface area (TPSA) is 95.0 Å². The van der Waals surface area contributed by atoms with Gasteiger partial charge in [-0.05, 0) is 35.2 Å². The minimum atomic E-state index is -0.662. The highest BCUT2D eigenvalue weighted by molar-refractivity contribution is 7.19. The molecule has 1 atom stereocenters. The van der Waals surface area contributed by atoms with Crippen molar-refractivity contribution in [3.05, 3.63) is 65.0 Å². The van der Waals surface area contributed by atoms with Gasteiger partial charge in [-0.1, -0.05) is 30.3 Å². The quantitative estimate of drug-likeness (QED) is 0.328. The number of carbonyl (C=O) groups is 1. The van der Waals surface area contributed by atoms with Gasteiger partial charge in [-0.25, -0.2) is 0 Å². The highest BCUT2D eigenvalue weighted by Crippen LogP contribution is 2.29. The molecule has 0 spiro atoms. The van der Waals surface area contributed by atoms with Gasteiger partial charge in [0.15, 0.2) is 5.96 Å². The predicted molar refractivity (Wildman–Crippen MR) is 121 cm³/mol. The molecule has 0 aliphatic rings. The number of nitrogens with one attached hydrogen (secondary N) is 3. The molecule has 0 radical (unpaired) electrons. The lowest BCUT2D eigenvalue weighted by Gasteiger charge is -2.14. The van der Waals surface area contributed by atoms with Crippen LogP contribution in [-0.2, 0) is 11.3 Å². The highest BCUT2D eigenvalue weighted by Gasteiger charge is 2.12. The molecule has 3 rings (SSSR count). The SMILES string of the molecule is CN=C(NCC(=O)NCc1ccc(OC)cc1)NCC(O)c1cc2ccccc2s1. The molecule has 1 unspecified atom stereocenters. The number of guanidine groups is 1. The van der Waals surface area contributed by atoms with E-state index in [1.54, 1.807) is 25.5 Å². The van der Waals surface area contributed by atoms with Crippen LogP contribution < -0.4 is 20.7 Å². The molecular formula is C22H26N4O3S. The third-order valence-corrected chi connectivity index (χ3v) is 5.74. The second-order valence-corrected chi connectivity index (χ2v) is 7.75. The standard InChI is InChI=1S/C22H26N4O3S/c1-23-22(25-13-18(27)20-11-16-5-3-4-6-19(16)30-20)26-14-21(28)24-12-15-7-9-17(29-2)10-8-15/h3-11,18,27H,12-14H2,1-2H3,(H,24,28)(H2,23,25,26). The first-order valence-corrected chi connectivity index (χ1v) is 10.4. The van der Waals surface area contributed by atoms with Crippen LogP contribution in [0.25, 0.3) is 10.1 Å². The Kier molecular flexibility index (Phi) is 7.64. The molecule has 3 aromatic rings. The van der Waals surface area contributed by atoms with Crippen molar-refractivity contribution < 1.29 is 14.6 Å². The lowest BCUT2D eigenvalue weighted by Crippen LogP contribution is -2.44. The Balaban J connectivity index is 1.41. The van der Waals surface area contributed by atoms with Crippen LogP contribution in [0, 0.1) is 0 Å². The van der Waals surface area contributed by atoms with E-state index < -0.39 is 6.10 Å². The van der Waals surface area contributed by atoms with Crippen molar-refractivity contribution in [1.82, 2.24) is 16.0 Å². The van der Waals surface area contributed by atoms with Gasteiger partial charge in [0.05, 0.1) is 13.7 Å². The third-order valence-electron chi connectivity index (χ3n) is 4.52. The molecule has 8 heteroatoms. The minimum absolute atomic E-state index is 0.0782. The van der Waals surface area contributed by atoms with E-state index in [4.69, 9.17) is 4.74 Å². The summed E-state index contributed by atoms with van der Waals surface area (Å²) in [7, 11) is 3.24. The van der Waals surface area contributed by atoms with Gasteiger partial charge < -0.3 is 25.8 Å². The number of fused-ring (bicyclic) bond motifs is 1. The lowest BCUT2D eigenvalue weighted by molar-refractivity contribution is -0.120. The summed E-state index contributed by atoms with van der Waals surface area (Å²) in [6, 6.07) is 17.5. The van der Waals surface area contributed by atoms with Crippen LogP contribution in [0.2, 0.25) is 0 Å². The summed E-state index contributed by atoms with van der Waals surface area (Å²) in [6.07, 6.45) is -0.662. The van der Waals surface area contributed by atoms with Crippen LogP contribution in [0.15, 0.2) is 59.6 Å². The van der Waals surface area contributed by atoms with Crippen molar-refractivity contribution >= 4 is 33.3 Å². The number of aliphatic hydroxyl groups is 1. The summed E-state index contributed by atoms with van der Waals surface area (Å²) < 4.78 is 6.26. The Morgan fingerprint density at radius 2 is 1.90 bits per heavy atom. The Bertz CT molecular complexity index is 968. The number of nitrogens with zero attached hydrogens (tertiary/aromatic N) is 1. The van der Waals surface area contributed by atoms with Crippen LogP contribution in [0.4, 0.5) is 0 Å². The number of rotatable bonds is 8. The molecule has 0 aliphatic carbocycles. The second kappa shape index (κ2) is 10.6. The van der Waals surface area contributed by atoms with Crippen LogP contribution >= 0.6 is 11.3 Å². The van der Waals surface area contributed by atoms with Crippen molar-refractivity contribution in [1.29, 1.82) is 0 Å². The minimum Gasteiger partial charge on any atom is -0.497 e. The predicted octanol–water partition coefficient (Wildman–Crippen LogP) is 2.42. The van der Waals surface area contributed by atoms with E-state index in [2.05, 4.69) is 20.9 Å². The number of thiophene rings is 1. The smallest absolute Gasteiger partial charge is 0.239 e. The highest BCUT2D eigenvalue weighted by atomic mass is 32.1. The summed E-state index contributed by atoms with van der Waals surface area (Å²) in [5, 5.41) is 20.4. The fourth-order valence-corrected chi connectivity index (χ4v) is 3.90.